The van der Waals surface area contributed by atoms with Gasteiger partial charge in [0.1, 0.15) is 18.0 Å². The van der Waals surface area contributed by atoms with Crippen LogP contribution in [0.25, 0.3) is 0 Å². The Labute approximate surface area is 194 Å². The summed E-state index contributed by atoms with van der Waals surface area (Å²) in [5.74, 6) is 2.45. The van der Waals surface area contributed by atoms with E-state index >= 15 is 0 Å². The van der Waals surface area contributed by atoms with E-state index in [1.807, 2.05) is 18.7 Å². The molecule has 2 aromatic rings. The molecule has 1 aromatic carbocycles. The van der Waals surface area contributed by atoms with Gasteiger partial charge in [-0.3, -0.25) is 0 Å². The van der Waals surface area contributed by atoms with E-state index in [4.69, 9.17) is 20.2 Å². The average Bonchev–Trinajstić information content (AvgIpc) is 3.17. The quantitative estimate of drug-likeness (QED) is 0.743. The second-order valence-electron chi connectivity index (χ2n) is 9.78. The van der Waals surface area contributed by atoms with Gasteiger partial charge in [-0.1, -0.05) is 24.3 Å². The maximum atomic E-state index is 11.7. The summed E-state index contributed by atoms with van der Waals surface area (Å²) in [5.41, 5.74) is 9.15. The van der Waals surface area contributed by atoms with Crippen LogP contribution < -0.4 is 10.5 Å². The van der Waals surface area contributed by atoms with Crippen molar-refractivity contribution in [1.29, 1.82) is 0 Å². The lowest BCUT2D eigenvalue weighted by atomic mass is 9.78. The summed E-state index contributed by atoms with van der Waals surface area (Å²) in [4.78, 5) is 27.0. The van der Waals surface area contributed by atoms with E-state index in [1.165, 1.54) is 5.56 Å². The van der Waals surface area contributed by atoms with Crippen molar-refractivity contribution in [2.24, 2.45) is 10.9 Å². The van der Waals surface area contributed by atoms with E-state index < -0.39 is 5.60 Å². The number of cyclic esters (lactones) is 1. The highest BCUT2D eigenvalue weighted by atomic mass is 16.6. The summed E-state index contributed by atoms with van der Waals surface area (Å²) in [5, 5.41) is 0. The first kappa shape index (κ1) is 21.7. The Morgan fingerprint density at radius 1 is 1.12 bits per heavy atom. The molecule has 2 N–H and O–H groups in total. The average molecular weight is 450 g/mol. The van der Waals surface area contributed by atoms with Crippen molar-refractivity contribution in [3.63, 3.8) is 0 Å². The zero-order valence-corrected chi connectivity index (χ0v) is 19.5. The molecule has 2 fully saturated rings. The Balaban J connectivity index is 1.29. The number of nitrogen functional groups attached to an aromatic ring is 1. The smallest absolute Gasteiger partial charge is 0.409 e. The van der Waals surface area contributed by atoms with E-state index in [9.17, 15) is 4.79 Å². The Bertz CT molecular complexity index is 1090. The van der Waals surface area contributed by atoms with Crippen molar-refractivity contribution >= 4 is 23.3 Å². The summed E-state index contributed by atoms with van der Waals surface area (Å²) in [6.45, 7) is 7.86. The van der Waals surface area contributed by atoms with Crippen molar-refractivity contribution < 1.29 is 14.3 Å². The van der Waals surface area contributed by atoms with Crippen molar-refractivity contribution in [2.45, 2.75) is 58.0 Å². The van der Waals surface area contributed by atoms with Gasteiger partial charge < -0.3 is 20.1 Å². The van der Waals surface area contributed by atoms with Gasteiger partial charge in [0.2, 0.25) is 5.88 Å². The van der Waals surface area contributed by atoms with E-state index in [-0.39, 0.29) is 6.09 Å². The predicted molar refractivity (Wildman–Crippen MR) is 126 cm³/mol. The topological polar surface area (TPSA) is 103 Å². The number of aryl methyl sites for hydroxylation is 1. The number of ether oxygens (including phenoxy) is 2. The molecule has 3 heterocycles. The highest BCUT2D eigenvalue weighted by molar-refractivity contribution is 6.09. The summed E-state index contributed by atoms with van der Waals surface area (Å²) < 4.78 is 11.2. The lowest BCUT2D eigenvalue weighted by Gasteiger charge is -2.33. The number of carbonyl (C=O) groups is 1. The van der Waals surface area contributed by atoms with Crippen molar-refractivity contribution in [3.05, 3.63) is 41.2 Å². The summed E-state index contributed by atoms with van der Waals surface area (Å²) >= 11 is 0. The van der Waals surface area contributed by atoms with E-state index in [2.05, 4.69) is 34.2 Å². The molecule has 1 saturated heterocycles. The lowest BCUT2D eigenvalue weighted by Crippen LogP contribution is -2.41. The summed E-state index contributed by atoms with van der Waals surface area (Å²) in [7, 11) is 0. The van der Waals surface area contributed by atoms with Gasteiger partial charge in [-0.2, -0.15) is 4.98 Å². The monoisotopic (exact) mass is 449 g/mol. The third-order valence-electron chi connectivity index (χ3n) is 6.96. The van der Waals surface area contributed by atoms with Crippen molar-refractivity contribution in [3.8, 4) is 5.88 Å². The minimum absolute atomic E-state index is 0.156. The Morgan fingerprint density at radius 3 is 2.52 bits per heavy atom. The van der Waals surface area contributed by atoms with Crippen molar-refractivity contribution in [2.75, 3.05) is 25.4 Å². The number of fused-ring (bicyclic) bond motifs is 1. The second-order valence-corrected chi connectivity index (χ2v) is 9.78. The van der Waals surface area contributed by atoms with Gasteiger partial charge in [-0.05, 0) is 63.9 Å². The van der Waals surface area contributed by atoms with Gasteiger partial charge in [0.05, 0.1) is 12.3 Å². The minimum atomic E-state index is -0.628. The lowest BCUT2D eigenvalue weighted by molar-refractivity contribution is 0.150. The third-order valence-corrected chi connectivity index (χ3v) is 6.96. The number of hydrogen-bond acceptors (Lipinski definition) is 7. The van der Waals surface area contributed by atoms with Gasteiger partial charge in [0.25, 0.3) is 0 Å². The fourth-order valence-corrected chi connectivity index (χ4v) is 5.18. The SMILES string of the molecule is Cc1nc(N)c2c(n1)OC(C)(C)C(c1ccc([C@H]3CC[C@H](CN4CCOC4=O)CC3)cc1)=N2. The number of anilines is 1. The second kappa shape index (κ2) is 8.32. The van der Waals surface area contributed by atoms with Gasteiger partial charge in [0, 0.05) is 12.1 Å². The number of nitrogens with two attached hydrogens (primary N) is 1. The van der Waals surface area contributed by atoms with Crippen molar-refractivity contribution in [1.82, 2.24) is 14.9 Å². The van der Waals surface area contributed by atoms with Gasteiger partial charge in [-0.25, -0.2) is 14.8 Å². The maximum absolute atomic E-state index is 11.7. The molecule has 2 aliphatic heterocycles. The number of carbonyl (C=O) groups excluding carboxylic acids is 1. The zero-order chi connectivity index (χ0) is 23.2. The van der Waals surface area contributed by atoms with Crippen LogP contribution in [-0.4, -0.2) is 52.0 Å². The molecule has 174 valence electrons. The Hall–Kier alpha value is -3.16. The molecule has 0 atom stereocenters. The zero-order valence-electron chi connectivity index (χ0n) is 19.5. The number of amides is 1. The molecule has 1 amide bonds. The van der Waals surface area contributed by atoms with Crippen LogP contribution in [0.2, 0.25) is 0 Å². The van der Waals surface area contributed by atoms with Gasteiger partial charge in [-0.15, -0.1) is 0 Å². The molecule has 1 saturated carbocycles. The first-order chi connectivity index (χ1) is 15.8. The Morgan fingerprint density at radius 2 is 1.85 bits per heavy atom. The van der Waals surface area contributed by atoms with Crippen LogP contribution in [0.4, 0.5) is 16.3 Å². The van der Waals surface area contributed by atoms with E-state index in [0.29, 0.717) is 41.7 Å². The summed E-state index contributed by atoms with van der Waals surface area (Å²) in [6.07, 6.45) is 4.40. The van der Waals surface area contributed by atoms with Crippen LogP contribution >= 0.6 is 0 Å². The normalized spacial score (nSPS) is 24.0. The van der Waals surface area contributed by atoms with E-state index in [1.54, 1.807) is 6.92 Å². The molecule has 3 aliphatic rings. The van der Waals surface area contributed by atoms with Crippen LogP contribution in [0.15, 0.2) is 29.3 Å². The highest BCUT2D eigenvalue weighted by Gasteiger charge is 2.35. The first-order valence-electron chi connectivity index (χ1n) is 11.7. The molecule has 33 heavy (non-hydrogen) atoms. The van der Waals surface area contributed by atoms with Crippen LogP contribution in [0.3, 0.4) is 0 Å². The van der Waals surface area contributed by atoms with Crippen LogP contribution in [-0.2, 0) is 4.74 Å². The number of rotatable bonds is 4. The molecule has 5 rings (SSSR count). The molecule has 0 bridgehead atoms. The predicted octanol–water partition coefficient (Wildman–Crippen LogP) is 4.39. The molecular weight excluding hydrogens is 418 g/mol. The summed E-state index contributed by atoms with van der Waals surface area (Å²) in [6, 6.07) is 8.67. The largest absolute Gasteiger partial charge is 0.463 e. The number of nitrogens with zero attached hydrogens (tertiary/aromatic N) is 4. The molecule has 8 heteroatoms. The number of aromatic nitrogens is 2. The molecule has 0 unspecified atom stereocenters. The molecule has 0 radical (unpaired) electrons. The fraction of sp³-hybridized carbons (Fsp3) is 0.520. The molecular formula is C25H31N5O3. The number of benzene rings is 1. The Kier molecular flexibility index (Phi) is 5.46. The van der Waals surface area contributed by atoms with Crippen LogP contribution in [0.5, 0.6) is 5.88 Å². The van der Waals surface area contributed by atoms with Crippen LogP contribution in [0.1, 0.15) is 62.4 Å². The molecule has 1 aromatic heterocycles. The fourth-order valence-electron chi connectivity index (χ4n) is 5.18. The maximum Gasteiger partial charge on any atom is 0.409 e. The number of aliphatic imine (C=N–C) groups is 1. The van der Waals surface area contributed by atoms with E-state index in [0.717, 1.165) is 50.0 Å². The first-order valence-corrected chi connectivity index (χ1v) is 11.7. The molecule has 0 spiro atoms. The number of hydrogen-bond donors (Lipinski definition) is 1. The standard InChI is InChI=1S/C25H31N5O3/c1-15-27-22(26)20-23(28-15)33-25(2,3)21(29-20)19-10-8-18(9-11-19)17-6-4-16(5-7-17)14-30-12-13-32-24(30)31/h8-11,16-17H,4-7,12-14H2,1-3H3,(H2,26,27,28)/t16-,17-. The minimum Gasteiger partial charge on any atom is -0.463 e. The highest BCUT2D eigenvalue weighted by Crippen LogP contribution is 2.40. The van der Waals surface area contributed by atoms with Gasteiger partial charge in [0.15, 0.2) is 11.5 Å². The van der Waals surface area contributed by atoms with Gasteiger partial charge >= 0.3 is 6.09 Å². The third kappa shape index (κ3) is 4.26. The molecule has 1 aliphatic carbocycles. The molecule has 8 nitrogen and oxygen atoms in total. The van der Waals surface area contributed by atoms with Crippen LogP contribution in [0, 0.1) is 12.8 Å².